The van der Waals surface area contributed by atoms with Crippen LogP contribution in [0.3, 0.4) is 0 Å². The van der Waals surface area contributed by atoms with Crippen LogP contribution in [-0.4, -0.2) is 9.19 Å². The molecule has 0 saturated carbocycles. The summed E-state index contributed by atoms with van der Waals surface area (Å²) >= 11 is 5.68. The number of halogens is 2. The summed E-state index contributed by atoms with van der Waals surface area (Å²) < 4.78 is 30.8. The first-order valence-corrected chi connectivity index (χ1v) is 7.71. The Labute approximate surface area is 127 Å². The predicted molar refractivity (Wildman–Crippen MR) is 79.9 cm³/mol. The number of nitrogens with zero attached hydrogens (tertiary/aromatic N) is 1. The van der Waals surface area contributed by atoms with Gasteiger partial charge < -0.3 is 10.2 Å². The minimum Gasteiger partial charge on any atom is -0.440 e. The maximum atomic E-state index is 13.1. The van der Waals surface area contributed by atoms with Crippen LogP contribution < -0.4 is 5.73 Å². The maximum Gasteiger partial charge on any atom is 0.208 e. The number of nitrogens with two attached hydrogens (primary N) is 1. The number of oxazole rings is 1. The SMILES string of the molecule is Nc1ccc2nc(CS(=O)c3ccc(F)c(Cl)c3)oc2c1. The quantitative estimate of drug-likeness (QED) is 0.748. The number of anilines is 1. The van der Waals surface area contributed by atoms with Gasteiger partial charge in [-0.3, -0.25) is 4.21 Å². The molecule has 3 rings (SSSR count). The minimum atomic E-state index is -1.42. The minimum absolute atomic E-state index is 0.0637. The number of hydrogen-bond donors (Lipinski definition) is 1. The second kappa shape index (κ2) is 5.46. The van der Waals surface area contributed by atoms with E-state index in [1.165, 1.54) is 18.2 Å². The zero-order chi connectivity index (χ0) is 15.0. The topological polar surface area (TPSA) is 69.1 Å². The van der Waals surface area contributed by atoms with Crippen LogP contribution >= 0.6 is 11.6 Å². The molecule has 3 aromatic rings. The van der Waals surface area contributed by atoms with Crippen LogP contribution in [-0.2, 0) is 16.6 Å². The number of aromatic nitrogens is 1. The summed E-state index contributed by atoms with van der Waals surface area (Å²) in [4.78, 5) is 4.66. The molecule has 7 heteroatoms. The second-order valence-corrected chi connectivity index (χ2v) is 6.26. The molecule has 2 aromatic carbocycles. The highest BCUT2D eigenvalue weighted by Gasteiger charge is 2.13. The lowest BCUT2D eigenvalue weighted by molar-refractivity contribution is 0.552. The van der Waals surface area contributed by atoms with Crippen LogP contribution in [0.25, 0.3) is 11.1 Å². The second-order valence-electron chi connectivity index (χ2n) is 4.40. The van der Waals surface area contributed by atoms with Gasteiger partial charge in [-0.2, -0.15) is 0 Å². The van der Waals surface area contributed by atoms with Gasteiger partial charge in [-0.15, -0.1) is 0 Å². The van der Waals surface area contributed by atoms with E-state index in [1.54, 1.807) is 18.2 Å². The Morgan fingerprint density at radius 3 is 2.86 bits per heavy atom. The molecule has 1 heterocycles. The van der Waals surface area contributed by atoms with E-state index in [-0.39, 0.29) is 10.8 Å². The van der Waals surface area contributed by atoms with E-state index in [1.807, 2.05) is 0 Å². The van der Waals surface area contributed by atoms with Gasteiger partial charge in [0.2, 0.25) is 5.89 Å². The molecule has 1 unspecified atom stereocenters. The molecule has 0 spiro atoms. The van der Waals surface area contributed by atoms with Crippen molar-refractivity contribution in [2.24, 2.45) is 0 Å². The van der Waals surface area contributed by atoms with E-state index in [4.69, 9.17) is 21.8 Å². The van der Waals surface area contributed by atoms with Crippen LogP contribution in [0.15, 0.2) is 45.7 Å². The van der Waals surface area contributed by atoms with Crippen molar-refractivity contribution in [2.45, 2.75) is 10.6 Å². The summed E-state index contributed by atoms with van der Waals surface area (Å²) in [7, 11) is -1.42. The highest BCUT2D eigenvalue weighted by molar-refractivity contribution is 7.84. The lowest BCUT2D eigenvalue weighted by Crippen LogP contribution is -1.97. The van der Waals surface area contributed by atoms with E-state index < -0.39 is 16.6 Å². The number of nitrogen functional groups attached to an aromatic ring is 1. The molecular formula is C14H10ClFN2O2S. The largest absolute Gasteiger partial charge is 0.440 e. The van der Waals surface area contributed by atoms with Crippen molar-refractivity contribution >= 4 is 39.2 Å². The van der Waals surface area contributed by atoms with E-state index in [9.17, 15) is 8.60 Å². The van der Waals surface area contributed by atoms with Gasteiger partial charge in [-0.25, -0.2) is 9.37 Å². The third-order valence-corrected chi connectivity index (χ3v) is 4.44. The molecule has 0 aliphatic carbocycles. The van der Waals surface area contributed by atoms with Crippen LogP contribution in [0.2, 0.25) is 5.02 Å². The van der Waals surface area contributed by atoms with Crippen LogP contribution in [0.1, 0.15) is 5.89 Å². The average Bonchev–Trinajstić information content (AvgIpc) is 2.83. The first-order chi connectivity index (χ1) is 10.0. The van der Waals surface area contributed by atoms with E-state index in [2.05, 4.69) is 4.98 Å². The van der Waals surface area contributed by atoms with Gasteiger partial charge >= 0.3 is 0 Å². The fraction of sp³-hybridized carbons (Fsp3) is 0.0714. The van der Waals surface area contributed by atoms with E-state index in [0.717, 1.165) is 0 Å². The first-order valence-electron chi connectivity index (χ1n) is 6.01. The Bertz CT molecular complexity index is 850. The maximum absolute atomic E-state index is 13.1. The Kier molecular flexibility index (Phi) is 3.65. The molecule has 21 heavy (non-hydrogen) atoms. The highest BCUT2D eigenvalue weighted by atomic mass is 35.5. The highest BCUT2D eigenvalue weighted by Crippen LogP contribution is 2.22. The lowest BCUT2D eigenvalue weighted by Gasteiger charge is -2.01. The fourth-order valence-corrected chi connectivity index (χ4v) is 3.09. The summed E-state index contributed by atoms with van der Waals surface area (Å²) in [5.41, 5.74) is 7.41. The van der Waals surface area contributed by atoms with Gasteiger partial charge in [0.15, 0.2) is 5.58 Å². The Morgan fingerprint density at radius 1 is 1.29 bits per heavy atom. The summed E-state index contributed by atoms with van der Waals surface area (Å²) in [6.45, 7) is 0. The van der Waals surface area contributed by atoms with Crippen LogP contribution in [0.4, 0.5) is 10.1 Å². The Hall–Kier alpha value is -1.92. The van der Waals surface area contributed by atoms with E-state index >= 15 is 0 Å². The molecule has 0 fully saturated rings. The average molecular weight is 325 g/mol. The van der Waals surface area contributed by atoms with Gasteiger partial charge in [-0.1, -0.05) is 11.6 Å². The lowest BCUT2D eigenvalue weighted by atomic mass is 10.3. The number of hydrogen-bond acceptors (Lipinski definition) is 4. The third kappa shape index (κ3) is 2.91. The summed E-state index contributed by atoms with van der Waals surface area (Å²) in [5.74, 6) is -0.138. The normalized spacial score (nSPS) is 12.7. The molecule has 2 N–H and O–H groups in total. The third-order valence-electron chi connectivity index (χ3n) is 2.87. The van der Waals surface area contributed by atoms with Crippen LogP contribution in [0, 0.1) is 5.82 Å². The van der Waals surface area contributed by atoms with Crippen molar-refractivity contribution in [1.29, 1.82) is 0 Å². The Morgan fingerprint density at radius 2 is 2.10 bits per heavy atom. The van der Waals surface area contributed by atoms with Crippen molar-refractivity contribution < 1.29 is 13.0 Å². The zero-order valence-corrected chi connectivity index (χ0v) is 12.2. The molecule has 4 nitrogen and oxygen atoms in total. The summed E-state index contributed by atoms with van der Waals surface area (Å²) in [6, 6.07) is 9.05. The molecule has 108 valence electrons. The molecule has 0 bridgehead atoms. The van der Waals surface area contributed by atoms with Gasteiger partial charge in [-0.05, 0) is 30.3 Å². The molecule has 0 amide bonds. The number of fused-ring (bicyclic) bond motifs is 1. The monoisotopic (exact) mass is 324 g/mol. The molecule has 0 radical (unpaired) electrons. The zero-order valence-electron chi connectivity index (χ0n) is 10.7. The van der Waals surface area contributed by atoms with Crippen molar-refractivity contribution in [3.63, 3.8) is 0 Å². The van der Waals surface area contributed by atoms with Gasteiger partial charge in [0.05, 0.1) is 15.8 Å². The Balaban J connectivity index is 1.87. The number of benzene rings is 2. The molecular weight excluding hydrogens is 315 g/mol. The van der Waals surface area contributed by atoms with Crippen LogP contribution in [0.5, 0.6) is 0 Å². The summed E-state index contributed by atoms with van der Waals surface area (Å²) in [5, 5.41) is -0.0637. The predicted octanol–water partition coefficient (Wildman–Crippen LogP) is 3.51. The molecule has 0 aliphatic heterocycles. The van der Waals surface area contributed by atoms with Crippen molar-refractivity contribution in [3.05, 3.63) is 53.1 Å². The molecule has 1 atom stereocenters. The van der Waals surface area contributed by atoms with Crippen molar-refractivity contribution in [1.82, 2.24) is 4.98 Å². The standard InChI is InChI=1S/C14H10ClFN2O2S/c15-10-6-9(2-3-11(10)16)21(19)7-14-18-12-4-1-8(17)5-13(12)20-14/h1-6H,7,17H2. The van der Waals surface area contributed by atoms with Crippen molar-refractivity contribution in [3.8, 4) is 0 Å². The summed E-state index contributed by atoms with van der Waals surface area (Å²) in [6.07, 6.45) is 0. The van der Waals surface area contributed by atoms with E-state index in [0.29, 0.717) is 27.6 Å². The van der Waals surface area contributed by atoms with Gasteiger partial charge in [0, 0.05) is 16.6 Å². The molecule has 0 aliphatic rings. The van der Waals surface area contributed by atoms with Gasteiger partial charge in [0.1, 0.15) is 17.1 Å². The molecule has 0 saturated heterocycles. The van der Waals surface area contributed by atoms with Crippen molar-refractivity contribution in [2.75, 3.05) is 5.73 Å². The first kappa shape index (κ1) is 14.0. The fourth-order valence-electron chi connectivity index (χ4n) is 1.86. The van der Waals surface area contributed by atoms with Gasteiger partial charge in [0.25, 0.3) is 0 Å². The smallest absolute Gasteiger partial charge is 0.208 e. The number of rotatable bonds is 3. The molecule has 1 aromatic heterocycles.